The predicted molar refractivity (Wildman–Crippen MR) is 70.9 cm³/mol. The van der Waals surface area contributed by atoms with Gasteiger partial charge in [0.1, 0.15) is 0 Å². The third-order valence-corrected chi connectivity index (χ3v) is 3.26. The number of hydrogen-bond donors (Lipinski definition) is 0. The maximum atomic E-state index is 12.5. The second kappa shape index (κ2) is 5.93. The minimum absolute atomic E-state index is 0.00301. The van der Waals surface area contributed by atoms with Crippen molar-refractivity contribution in [2.75, 3.05) is 34.0 Å². The molecule has 0 unspecified atom stereocenters. The number of ether oxygens (including phenoxy) is 3. The van der Waals surface area contributed by atoms with E-state index in [4.69, 9.17) is 14.2 Å². The van der Waals surface area contributed by atoms with Crippen molar-refractivity contribution in [1.29, 1.82) is 0 Å². The number of hydrogen-bond acceptors (Lipinski definition) is 4. The smallest absolute Gasteiger partial charge is 0.254 e. The molecule has 1 aliphatic rings. The van der Waals surface area contributed by atoms with Gasteiger partial charge in [-0.15, -0.1) is 0 Å². The van der Waals surface area contributed by atoms with Gasteiger partial charge in [0.2, 0.25) is 0 Å². The second-order valence-corrected chi connectivity index (χ2v) is 4.49. The van der Waals surface area contributed by atoms with Crippen molar-refractivity contribution in [3.63, 3.8) is 0 Å². The van der Waals surface area contributed by atoms with Gasteiger partial charge in [-0.2, -0.15) is 0 Å². The van der Waals surface area contributed by atoms with Crippen molar-refractivity contribution in [2.45, 2.75) is 13.0 Å². The van der Waals surface area contributed by atoms with Gasteiger partial charge in [-0.1, -0.05) is 0 Å². The van der Waals surface area contributed by atoms with E-state index in [9.17, 15) is 4.79 Å². The van der Waals surface area contributed by atoms with Gasteiger partial charge in [0.15, 0.2) is 11.5 Å². The third-order valence-electron chi connectivity index (χ3n) is 3.26. The van der Waals surface area contributed by atoms with Crippen LogP contribution in [0.3, 0.4) is 0 Å². The summed E-state index contributed by atoms with van der Waals surface area (Å²) in [6.07, 6.45) is 0. The van der Waals surface area contributed by atoms with E-state index >= 15 is 0 Å². The molecule has 1 aromatic rings. The normalized spacial score (nSPS) is 19.1. The lowest BCUT2D eigenvalue weighted by molar-refractivity contribution is 0.00358. The van der Waals surface area contributed by atoms with Gasteiger partial charge in [0.05, 0.1) is 33.5 Å². The van der Waals surface area contributed by atoms with Gasteiger partial charge in [-0.05, 0) is 25.1 Å². The molecule has 0 bridgehead atoms. The van der Waals surface area contributed by atoms with E-state index in [1.54, 1.807) is 32.4 Å². The van der Waals surface area contributed by atoms with E-state index in [2.05, 4.69) is 0 Å². The Morgan fingerprint density at radius 1 is 1.32 bits per heavy atom. The fourth-order valence-corrected chi connectivity index (χ4v) is 2.16. The number of rotatable bonds is 3. The molecule has 1 amide bonds. The lowest BCUT2D eigenvalue weighted by Gasteiger charge is -2.33. The van der Waals surface area contributed by atoms with E-state index < -0.39 is 0 Å². The van der Waals surface area contributed by atoms with Crippen molar-refractivity contribution >= 4 is 5.91 Å². The minimum Gasteiger partial charge on any atom is -0.493 e. The van der Waals surface area contributed by atoms with Gasteiger partial charge in [-0.25, -0.2) is 0 Å². The maximum absolute atomic E-state index is 12.5. The van der Waals surface area contributed by atoms with Crippen LogP contribution < -0.4 is 9.47 Å². The highest BCUT2D eigenvalue weighted by molar-refractivity contribution is 5.95. The quantitative estimate of drug-likeness (QED) is 0.832. The molecule has 1 heterocycles. The van der Waals surface area contributed by atoms with Crippen LogP contribution in [-0.2, 0) is 4.74 Å². The topological polar surface area (TPSA) is 48.0 Å². The lowest BCUT2D eigenvalue weighted by atomic mass is 10.1. The van der Waals surface area contributed by atoms with Gasteiger partial charge >= 0.3 is 0 Å². The summed E-state index contributed by atoms with van der Waals surface area (Å²) in [5, 5.41) is 0. The molecule has 0 N–H and O–H groups in total. The van der Waals surface area contributed by atoms with Gasteiger partial charge in [-0.3, -0.25) is 4.79 Å². The summed E-state index contributed by atoms with van der Waals surface area (Å²) < 4.78 is 15.7. The first kappa shape index (κ1) is 13.7. The Labute approximate surface area is 113 Å². The summed E-state index contributed by atoms with van der Waals surface area (Å²) in [4.78, 5) is 14.3. The highest BCUT2D eigenvalue weighted by atomic mass is 16.5. The number of carbonyl (C=O) groups excluding carboxylic acids is 1. The second-order valence-electron chi connectivity index (χ2n) is 4.49. The molecule has 0 spiro atoms. The van der Waals surface area contributed by atoms with Gasteiger partial charge < -0.3 is 19.1 Å². The Hall–Kier alpha value is -1.75. The summed E-state index contributed by atoms with van der Waals surface area (Å²) in [5.41, 5.74) is 0.603. The van der Waals surface area contributed by atoms with E-state index in [1.807, 2.05) is 11.8 Å². The summed E-state index contributed by atoms with van der Waals surface area (Å²) >= 11 is 0. The molecule has 0 saturated carbocycles. The van der Waals surface area contributed by atoms with Crippen molar-refractivity contribution < 1.29 is 19.0 Å². The summed E-state index contributed by atoms with van der Waals surface area (Å²) in [6, 6.07) is 5.31. The number of morpholine rings is 1. The zero-order chi connectivity index (χ0) is 13.8. The Balaban J connectivity index is 2.23. The first-order valence-electron chi connectivity index (χ1n) is 6.28. The predicted octanol–water partition coefficient (Wildman–Crippen LogP) is 1.56. The van der Waals surface area contributed by atoms with Crippen LogP contribution >= 0.6 is 0 Å². The van der Waals surface area contributed by atoms with Crippen LogP contribution in [0.15, 0.2) is 18.2 Å². The van der Waals surface area contributed by atoms with Crippen LogP contribution in [0.5, 0.6) is 11.5 Å². The molecule has 1 aliphatic heterocycles. The number of nitrogens with zero attached hydrogens (tertiary/aromatic N) is 1. The molecule has 0 aromatic heterocycles. The zero-order valence-electron chi connectivity index (χ0n) is 11.5. The minimum atomic E-state index is -0.00301. The van der Waals surface area contributed by atoms with Crippen LogP contribution in [0.25, 0.3) is 0 Å². The molecule has 1 atom stereocenters. The van der Waals surface area contributed by atoms with Gasteiger partial charge in [0.25, 0.3) is 5.91 Å². The molecule has 1 aromatic carbocycles. The molecule has 5 heteroatoms. The van der Waals surface area contributed by atoms with Crippen molar-refractivity contribution in [2.24, 2.45) is 0 Å². The molecule has 1 saturated heterocycles. The van der Waals surface area contributed by atoms with Crippen molar-refractivity contribution in [3.05, 3.63) is 23.8 Å². The van der Waals surface area contributed by atoms with E-state index in [-0.39, 0.29) is 11.9 Å². The fraction of sp³-hybridized carbons (Fsp3) is 0.500. The fourth-order valence-electron chi connectivity index (χ4n) is 2.16. The first-order chi connectivity index (χ1) is 9.17. The number of benzene rings is 1. The van der Waals surface area contributed by atoms with Crippen LogP contribution in [0.4, 0.5) is 0 Å². The van der Waals surface area contributed by atoms with Crippen LogP contribution in [0.1, 0.15) is 17.3 Å². The third kappa shape index (κ3) is 2.81. The number of methoxy groups -OCH3 is 2. The lowest BCUT2D eigenvalue weighted by Crippen LogP contribution is -2.47. The molecule has 2 rings (SSSR count). The summed E-state index contributed by atoms with van der Waals surface area (Å²) in [5.74, 6) is 1.18. The molecule has 0 radical (unpaired) electrons. The summed E-state index contributed by atoms with van der Waals surface area (Å²) in [7, 11) is 3.13. The molecule has 5 nitrogen and oxygen atoms in total. The van der Waals surface area contributed by atoms with Crippen molar-refractivity contribution in [3.8, 4) is 11.5 Å². The Morgan fingerprint density at radius 2 is 2.05 bits per heavy atom. The first-order valence-corrected chi connectivity index (χ1v) is 6.28. The number of amides is 1. The highest BCUT2D eigenvalue weighted by Crippen LogP contribution is 2.28. The molecular weight excluding hydrogens is 246 g/mol. The Morgan fingerprint density at radius 3 is 2.68 bits per heavy atom. The van der Waals surface area contributed by atoms with Crippen LogP contribution in [0.2, 0.25) is 0 Å². The average Bonchev–Trinajstić information content (AvgIpc) is 2.46. The Bertz CT molecular complexity index is 461. The molecule has 104 valence electrons. The van der Waals surface area contributed by atoms with Crippen LogP contribution in [-0.4, -0.2) is 50.8 Å². The van der Waals surface area contributed by atoms with Crippen LogP contribution in [0, 0.1) is 0 Å². The maximum Gasteiger partial charge on any atom is 0.254 e. The Kier molecular flexibility index (Phi) is 4.27. The average molecular weight is 265 g/mol. The number of carbonyl (C=O) groups is 1. The highest BCUT2D eigenvalue weighted by Gasteiger charge is 2.25. The molecule has 0 aliphatic carbocycles. The van der Waals surface area contributed by atoms with Crippen molar-refractivity contribution in [1.82, 2.24) is 4.90 Å². The van der Waals surface area contributed by atoms with E-state index in [0.29, 0.717) is 36.8 Å². The molecule has 1 fully saturated rings. The summed E-state index contributed by atoms with van der Waals surface area (Å²) in [6.45, 7) is 3.77. The van der Waals surface area contributed by atoms with E-state index in [0.717, 1.165) is 0 Å². The standard InChI is InChI=1S/C14H19NO4/c1-10-9-19-7-6-15(10)14(16)11-4-5-12(17-2)13(8-11)18-3/h4-5,8,10H,6-7,9H2,1-3H3/t10-/m0/s1. The zero-order valence-corrected chi connectivity index (χ0v) is 11.5. The molecule has 19 heavy (non-hydrogen) atoms. The van der Waals surface area contributed by atoms with Gasteiger partial charge in [0, 0.05) is 12.1 Å². The monoisotopic (exact) mass is 265 g/mol. The molecular formula is C14H19NO4. The SMILES string of the molecule is COc1ccc(C(=O)N2CCOC[C@@H]2C)cc1OC. The van der Waals surface area contributed by atoms with E-state index in [1.165, 1.54) is 0 Å². The largest absolute Gasteiger partial charge is 0.493 e.